The number of rotatable bonds is 35. The summed E-state index contributed by atoms with van der Waals surface area (Å²) in [7, 11) is 0. The van der Waals surface area contributed by atoms with Gasteiger partial charge in [-0.3, -0.25) is 0 Å². The summed E-state index contributed by atoms with van der Waals surface area (Å²) in [5.74, 6) is 0.947. The molecule has 39 heavy (non-hydrogen) atoms. The first-order valence-corrected chi connectivity index (χ1v) is 19.1. The van der Waals surface area contributed by atoms with Gasteiger partial charge in [0.25, 0.3) is 0 Å². The van der Waals surface area contributed by atoms with Crippen molar-refractivity contribution >= 4 is 0 Å². The summed E-state index contributed by atoms with van der Waals surface area (Å²) in [6.07, 6.45) is 51.2. The van der Waals surface area contributed by atoms with Crippen LogP contribution in [0.15, 0.2) is 0 Å². The van der Waals surface area contributed by atoms with Gasteiger partial charge in [0.15, 0.2) is 0 Å². The Kier molecular flexibility index (Phi) is 36.0. The van der Waals surface area contributed by atoms with Crippen molar-refractivity contribution in [2.24, 2.45) is 5.92 Å². The van der Waals surface area contributed by atoms with Crippen molar-refractivity contribution in [2.45, 2.75) is 239 Å². The Labute approximate surface area is 251 Å². The summed E-state index contributed by atoms with van der Waals surface area (Å²) < 4.78 is 0. The topological polar surface area (TPSA) is 0 Å². The predicted octanol–water partition coefficient (Wildman–Crippen LogP) is 15.1. The molecule has 0 fully saturated rings. The summed E-state index contributed by atoms with van der Waals surface area (Å²) in [5.41, 5.74) is 0. The molecule has 1 unspecified atom stereocenters. The van der Waals surface area contributed by atoms with E-state index < -0.39 is 0 Å². The maximum absolute atomic E-state index is 3.93. The highest BCUT2D eigenvalue weighted by atomic mass is 14.1. The van der Waals surface area contributed by atoms with Gasteiger partial charge in [-0.2, -0.15) is 0 Å². The zero-order chi connectivity index (χ0) is 28.3. The number of hydrogen-bond acceptors (Lipinski definition) is 0. The maximum Gasteiger partial charge on any atom is -0.0445 e. The van der Waals surface area contributed by atoms with E-state index in [1.807, 2.05) is 0 Å². The van der Waals surface area contributed by atoms with E-state index in [4.69, 9.17) is 0 Å². The minimum Gasteiger partial charge on any atom is -0.0651 e. The minimum atomic E-state index is 0.947. The van der Waals surface area contributed by atoms with Gasteiger partial charge in [0.2, 0.25) is 0 Å². The van der Waals surface area contributed by atoms with Crippen LogP contribution in [0.3, 0.4) is 0 Å². The van der Waals surface area contributed by atoms with E-state index >= 15 is 0 Å². The Hall–Kier alpha value is 0. The van der Waals surface area contributed by atoms with Crippen molar-refractivity contribution in [3.05, 3.63) is 6.92 Å². The highest BCUT2D eigenvalue weighted by Gasteiger charge is 1.99. The molecule has 0 N–H and O–H groups in total. The van der Waals surface area contributed by atoms with E-state index in [0.717, 1.165) is 12.3 Å². The van der Waals surface area contributed by atoms with Gasteiger partial charge in [0.05, 0.1) is 0 Å². The van der Waals surface area contributed by atoms with Crippen LogP contribution in [0.1, 0.15) is 239 Å². The third kappa shape index (κ3) is 36.0. The van der Waals surface area contributed by atoms with E-state index in [2.05, 4.69) is 20.8 Å². The Morgan fingerprint density at radius 3 is 0.667 bits per heavy atom. The summed E-state index contributed by atoms with van der Waals surface area (Å²) in [6.45, 7) is 8.66. The first-order chi connectivity index (χ1) is 19.3. The van der Waals surface area contributed by atoms with Gasteiger partial charge in [-0.25, -0.2) is 0 Å². The van der Waals surface area contributed by atoms with Crippen LogP contribution in [0, 0.1) is 12.8 Å². The Bertz CT molecular complexity index is 399. The summed E-state index contributed by atoms with van der Waals surface area (Å²) in [6, 6.07) is 0. The average molecular weight is 548 g/mol. The van der Waals surface area contributed by atoms with Crippen molar-refractivity contribution in [1.82, 2.24) is 0 Å². The van der Waals surface area contributed by atoms with Crippen molar-refractivity contribution in [3.8, 4) is 0 Å². The van der Waals surface area contributed by atoms with E-state index in [1.165, 1.54) is 218 Å². The molecule has 0 heterocycles. The molecule has 0 rings (SSSR count). The summed E-state index contributed by atoms with van der Waals surface area (Å²) >= 11 is 0. The average Bonchev–Trinajstić information content (AvgIpc) is 2.95. The van der Waals surface area contributed by atoms with Crippen LogP contribution in [0.5, 0.6) is 0 Å². The summed E-state index contributed by atoms with van der Waals surface area (Å²) in [5, 5.41) is 0. The highest BCUT2D eigenvalue weighted by molar-refractivity contribution is 4.54. The Morgan fingerprint density at radius 1 is 0.308 bits per heavy atom. The normalized spacial score (nSPS) is 12.4. The van der Waals surface area contributed by atoms with Crippen molar-refractivity contribution < 1.29 is 0 Å². The molecule has 0 heteroatoms. The molecule has 1 atom stereocenters. The van der Waals surface area contributed by atoms with Gasteiger partial charge < -0.3 is 0 Å². The first kappa shape index (κ1) is 39.0. The Balaban J connectivity index is 3.03. The van der Waals surface area contributed by atoms with Gasteiger partial charge in [-0.05, 0) is 5.92 Å². The fourth-order valence-corrected chi connectivity index (χ4v) is 6.18. The number of unbranched alkanes of at least 4 members (excludes halogenated alkanes) is 32. The molecule has 0 aromatic rings. The lowest BCUT2D eigenvalue weighted by molar-refractivity contribution is 0.468. The van der Waals surface area contributed by atoms with Crippen LogP contribution >= 0.6 is 0 Å². The smallest absolute Gasteiger partial charge is 0.0445 e. The molecule has 0 amide bonds. The number of hydrogen-bond donors (Lipinski definition) is 0. The lowest BCUT2D eigenvalue weighted by atomic mass is 9.99. The third-order valence-corrected chi connectivity index (χ3v) is 9.39. The van der Waals surface area contributed by atoms with Crippen molar-refractivity contribution in [1.29, 1.82) is 0 Å². The maximum atomic E-state index is 3.93. The summed E-state index contributed by atoms with van der Waals surface area (Å²) in [4.78, 5) is 0. The molecule has 0 aromatic carbocycles. The Morgan fingerprint density at radius 2 is 0.487 bits per heavy atom. The molecule has 0 spiro atoms. The van der Waals surface area contributed by atoms with Crippen LogP contribution in [0.4, 0.5) is 0 Å². The lowest BCUT2D eigenvalue weighted by Gasteiger charge is -2.07. The second-order valence-electron chi connectivity index (χ2n) is 13.5. The largest absolute Gasteiger partial charge is 0.0651 e. The van der Waals surface area contributed by atoms with E-state index in [9.17, 15) is 0 Å². The van der Waals surface area contributed by atoms with Gasteiger partial charge >= 0.3 is 0 Å². The lowest BCUT2D eigenvalue weighted by Crippen LogP contribution is -1.91. The fraction of sp³-hybridized carbons (Fsp3) is 0.974. The molecule has 0 saturated heterocycles. The molecule has 235 valence electrons. The molecule has 0 aliphatic carbocycles. The quantitative estimate of drug-likeness (QED) is 0.0692. The van der Waals surface area contributed by atoms with Gasteiger partial charge in [0.1, 0.15) is 0 Å². The molecular weight excluding hydrogens is 468 g/mol. The highest BCUT2D eigenvalue weighted by Crippen LogP contribution is 2.18. The van der Waals surface area contributed by atoms with E-state index in [0.29, 0.717) is 0 Å². The standard InChI is InChI=1S/C39H79/c1-4-6-7-8-9-10-11-12-13-14-15-16-17-18-19-20-21-22-23-24-25-26-27-28-29-30-31-32-33-34-35-36-37-38-39(3)5-2/h39H,1,4-38H2,2-3H3. The van der Waals surface area contributed by atoms with E-state index in [1.54, 1.807) is 0 Å². The van der Waals surface area contributed by atoms with Crippen molar-refractivity contribution in [3.63, 3.8) is 0 Å². The van der Waals surface area contributed by atoms with Gasteiger partial charge in [-0.1, -0.05) is 245 Å². The molecule has 0 aliphatic rings. The van der Waals surface area contributed by atoms with Crippen LogP contribution in [0.2, 0.25) is 0 Å². The minimum absolute atomic E-state index is 0.947. The van der Waals surface area contributed by atoms with E-state index in [-0.39, 0.29) is 0 Å². The zero-order valence-electron chi connectivity index (χ0n) is 28.0. The monoisotopic (exact) mass is 548 g/mol. The zero-order valence-corrected chi connectivity index (χ0v) is 28.0. The molecule has 1 radical (unpaired) electrons. The predicted molar refractivity (Wildman–Crippen MR) is 182 cm³/mol. The molecule has 0 nitrogen and oxygen atoms in total. The van der Waals surface area contributed by atoms with Gasteiger partial charge in [0, 0.05) is 0 Å². The van der Waals surface area contributed by atoms with Crippen LogP contribution < -0.4 is 0 Å². The van der Waals surface area contributed by atoms with Crippen LogP contribution in [-0.4, -0.2) is 0 Å². The molecule has 0 bridgehead atoms. The fourth-order valence-electron chi connectivity index (χ4n) is 6.18. The third-order valence-electron chi connectivity index (χ3n) is 9.39. The van der Waals surface area contributed by atoms with Crippen LogP contribution in [-0.2, 0) is 0 Å². The molecule has 0 saturated carbocycles. The molecule has 0 aliphatic heterocycles. The van der Waals surface area contributed by atoms with Crippen molar-refractivity contribution in [2.75, 3.05) is 0 Å². The SMILES string of the molecule is [CH2]CCCCCCCCCCCCCCCCCCCCCCCCCCCCCCCCCCC(C)CC. The second kappa shape index (κ2) is 36.0. The van der Waals surface area contributed by atoms with Gasteiger partial charge in [-0.15, -0.1) is 0 Å². The molecular formula is C39H79. The molecule has 0 aromatic heterocycles. The second-order valence-corrected chi connectivity index (χ2v) is 13.5. The first-order valence-electron chi connectivity index (χ1n) is 19.1. The van der Waals surface area contributed by atoms with Crippen LogP contribution in [0.25, 0.3) is 0 Å².